The van der Waals surface area contributed by atoms with Crippen LogP contribution < -0.4 is 5.56 Å². The number of rotatable bonds is 6. The molecule has 0 unspecified atom stereocenters. The maximum atomic E-state index is 12.7. The van der Waals surface area contributed by atoms with E-state index >= 15 is 0 Å². The zero-order valence-corrected chi connectivity index (χ0v) is 17.8. The normalized spacial score (nSPS) is 10.9. The van der Waals surface area contributed by atoms with Gasteiger partial charge in [-0.05, 0) is 23.8 Å². The molecule has 3 rings (SSSR count). The molecule has 0 spiro atoms. The van der Waals surface area contributed by atoms with E-state index in [4.69, 9.17) is 12.2 Å². The molecule has 0 atom stereocenters. The van der Waals surface area contributed by atoms with Crippen LogP contribution in [0.5, 0.6) is 0 Å². The van der Waals surface area contributed by atoms with Crippen LogP contribution in [-0.2, 0) is 24.4 Å². The Labute approximate surface area is 173 Å². The van der Waals surface area contributed by atoms with Crippen LogP contribution in [0.2, 0.25) is 0 Å². The molecular weight excluding hydrogens is 448 g/mol. The second-order valence-electron chi connectivity index (χ2n) is 5.94. The van der Waals surface area contributed by atoms with Crippen molar-refractivity contribution in [2.45, 2.75) is 19.6 Å². The van der Waals surface area contributed by atoms with Gasteiger partial charge in [-0.3, -0.25) is 14.2 Å². The van der Waals surface area contributed by atoms with E-state index in [1.54, 1.807) is 22.6 Å². The van der Waals surface area contributed by atoms with Gasteiger partial charge in [0.15, 0.2) is 9.60 Å². The van der Waals surface area contributed by atoms with E-state index in [1.807, 2.05) is 24.3 Å². The van der Waals surface area contributed by atoms with Crippen molar-refractivity contribution in [3.8, 4) is 0 Å². The van der Waals surface area contributed by atoms with Crippen LogP contribution in [0.15, 0.2) is 52.5 Å². The molecular formula is C18H17BrN4O2S2. The van der Waals surface area contributed by atoms with E-state index in [1.165, 1.54) is 22.2 Å². The summed E-state index contributed by atoms with van der Waals surface area (Å²) < 4.78 is 5.03. The lowest BCUT2D eigenvalue weighted by Crippen LogP contribution is -2.33. The summed E-state index contributed by atoms with van der Waals surface area (Å²) in [5.41, 5.74) is 1.26. The van der Waals surface area contributed by atoms with Gasteiger partial charge < -0.3 is 9.47 Å². The van der Waals surface area contributed by atoms with Crippen molar-refractivity contribution in [3.05, 3.63) is 67.6 Å². The van der Waals surface area contributed by atoms with Gasteiger partial charge in [-0.15, -0.1) is 6.58 Å². The van der Waals surface area contributed by atoms with E-state index in [9.17, 15) is 9.59 Å². The lowest BCUT2D eigenvalue weighted by atomic mass is 10.2. The minimum Gasteiger partial charge on any atom is -0.340 e. The minimum absolute atomic E-state index is 0.0746. The quantitative estimate of drug-likeness (QED) is 0.413. The second kappa shape index (κ2) is 8.28. The number of benzene rings is 1. The van der Waals surface area contributed by atoms with Crippen LogP contribution in [0.3, 0.4) is 0 Å². The van der Waals surface area contributed by atoms with Crippen LogP contribution in [-0.4, -0.2) is 32.0 Å². The van der Waals surface area contributed by atoms with Gasteiger partial charge in [0, 0.05) is 24.6 Å². The van der Waals surface area contributed by atoms with Crippen molar-refractivity contribution in [2.24, 2.45) is 0 Å². The van der Waals surface area contributed by atoms with Gasteiger partial charge in [0.25, 0.3) is 5.56 Å². The molecule has 0 saturated heterocycles. The summed E-state index contributed by atoms with van der Waals surface area (Å²) in [6.45, 7) is 4.55. The van der Waals surface area contributed by atoms with Crippen LogP contribution >= 0.6 is 39.5 Å². The molecule has 0 radical (unpaired) electrons. The lowest BCUT2D eigenvalue weighted by molar-refractivity contribution is -0.131. The third-order valence-corrected chi connectivity index (χ3v) is 6.25. The Morgan fingerprint density at radius 2 is 2.19 bits per heavy atom. The molecule has 2 aromatic heterocycles. The van der Waals surface area contributed by atoms with Gasteiger partial charge >= 0.3 is 0 Å². The fourth-order valence-corrected chi connectivity index (χ4v) is 4.34. The smallest absolute Gasteiger partial charge is 0.273 e. The van der Waals surface area contributed by atoms with E-state index < -0.39 is 0 Å². The number of fused-ring (bicyclic) bond motifs is 1. The van der Waals surface area contributed by atoms with Crippen molar-refractivity contribution < 1.29 is 4.79 Å². The average Bonchev–Trinajstić information content (AvgIpc) is 2.96. The number of hydrogen-bond donors (Lipinski definition) is 0. The third-order valence-electron chi connectivity index (χ3n) is 4.05. The Kier molecular flexibility index (Phi) is 6.03. The highest BCUT2D eigenvalue weighted by atomic mass is 79.9. The first kappa shape index (κ1) is 19.7. The monoisotopic (exact) mass is 464 g/mol. The molecule has 0 aliphatic heterocycles. The molecule has 0 bridgehead atoms. The summed E-state index contributed by atoms with van der Waals surface area (Å²) >= 11 is 9.98. The first-order chi connectivity index (χ1) is 12.9. The van der Waals surface area contributed by atoms with Gasteiger partial charge in [-0.2, -0.15) is 0 Å². The number of nitrogens with zero attached hydrogens (tertiary/aromatic N) is 4. The number of allylic oxidation sites excluding steroid dienone is 1. The lowest BCUT2D eigenvalue weighted by Gasteiger charge is -2.18. The van der Waals surface area contributed by atoms with E-state index in [0.717, 1.165) is 10.0 Å². The molecule has 9 heteroatoms. The highest BCUT2D eigenvalue weighted by Gasteiger charge is 2.16. The molecule has 2 heterocycles. The van der Waals surface area contributed by atoms with E-state index in [0.29, 0.717) is 27.4 Å². The number of likely N-dealkylation sites (N-methyl/N-ethyl adjacent to an activating group) is 1. The summed E-state index contributed by atoms with van der Waals surface area (Å²) in [5, 5.41) is 0. The van der Waals surface area contributed by atoms with E-state index in [2.05, 4.69) is 27.5 Å². The van der Waals surface area contributed by atoms with Gasteiger partial charge in [0.2, 0.25) is 5.91 Å². The Hall–Kier alpha value is -2.10. The van der Waals surface area contributed by atoms with E-state index in [-0.39, 0.29) is 18.0 Å². The number of carbonyl (C=O) groups is 1. The zero-order chi connectivity index (χ0) is 19.6. The zero-order valence-electron chi connectivity index (χ0n) is 14.6. The van der Waals surface area contributed by atoms with Gasteiger partial charge in [0.05, 0.1) is 0 Å². The number of halogens is 1. The highest BCUT2D eigenvalue weighted by Crippen LogP contribution is 2.19. The van der Waals surface area contributed by atoms with Crippen LogP contribution in [0.4, 0.5) is 0 Å². The summed E-state index contributed by atoms with van der Waals surface area (Å²) in [5.74, 6) is -0.178. The summed E-state index contributed by atoms with van der Waals surface area (Å²) in [6.07, 6.45) is 3.10. The van der Waals surface area contributed by atoms with Crippen LogP contribution in [0, 0.1) is 3.95 Å². The number of hydrogen-bond acceptors (Lipinski definition) is 5. The topological polar surface area (TPSA) is 60.1 Å². The molecule has 1 amide bonds. The molecule has 0 aliphatic carbocycles. The first-order valence-corrected chi connectivity index (χ1v) is 10.1. The number of amides is 1. The molecule has 0 fully saturated rings. The Balaban J connectivity index is 1.84. The number of thiazole rings is 1. The van der Waals surface area contributed by atoms with Crippen molar-refractivity contribution in [3.63, 3.8) is 0 Å². The predicted molar refractivity (Wildman–Crippen MR) is 114 cm³/mol. The molecule has 0 N–H and O–H groups in total. The molecule has 140 valence electrons. The molecule has 27 heavy (non-hydrogen) atoms. The fraction of sp³-hybridized carbons (Fsp3) is 0.222. The maximum Gasteiger partial charge on any atom is 0.273 e. The third kappa shape index (κ3) is 4.10. The largest absolute Gasteiger partial charge is 0.340 e. The Morgan fingerprint density at radius 1 is 1.44 bits per heavy atom. The van der Waals surface area contributed by atoms with Gasteiger partial charge in [-0.1, -0.05) is 51.5 Å². The summed E-state index contributed by atoms with van der Waals surface area (Å²) in [4.78, 5) is 31.2. The van der Waals surface area contributed by atoms with Gasteiger partial charge in [0.1, 0.15) is 17.6 Å². The van der Waals surface area contributed by atoms with Crippen LogP contribution in [0.25, 0.3) is 10.3 Å². The highest BCUT2D eigenvalue weighted by molar-refractivity contribution is 9.10. The minimum atomic E-state index is -0.262. The van der Waals surface area contributed by atoms with Crippen LogP contribution in [0.1, 0.15) is 5.56 Å². The summed E-state index contributed by atoms with van der Waals surface area (Å²) in [6, 6.07) is 7.71. The molecule has 3 aromatic rings. The van der Waals surface area contributed by atoms with Crippen molar-refractivity contribution in [1.82, 2.24) is 19.0 Å². The van der Waals surface area contributed by atoms with Crippen molar-refractivity contribution in [1.29, 1.82) is 0 Å². The first-order valence-electron chi connectivity index (χ1n) is 8.09. The number of carbonyl (C=O) groups excluding carboxylic acids is 1. The molecule has 0 aliphatic rings. The second-order valence-corrected chi connectivity index (χ2v) is 8.44. The number of aromatic nitrogens is 3. The molecule has 1 aromatic carbocycles. The predicted octanol–water partition coefficient (Wildman–Crippen LogP) is 3.60. The maximum absolute atomic E-state index is 12.7. The Morgan fingerprint density at radius 3 is 2.89 bits per heavy atom. The van der Waals surface area contributed by atoms with Crippen molar-refractivity contribution >= 4 is 55.7 Å². The molecule has 0 saturated carbocycles. The molecule has 6 nitrogen and oxygen atoms in total. The van der Waals surface area contributed by atoms with Crippen molar-refractivity contribution in [2.75, 3.05) is 7.05 Å². The summed E-state index contributed by atoms with van der Waals surface area (Å²) in [7, 11) is 1.71. The standard InChI is InChI=1S/C18H17BrN4O2S2/c1-3-8-23-16-15(27-18(23)26)17(25)22(11-20-16)10-14(24)21(2)9-12-6-4-5-7-13(12)19/h3-7,11H,1,8-10H2,2H3. The Bertz CT molecular complexity index is 1130. The average molecular weight is 465 g/mol. The van der Waals surface area contributed by atoms with Gasteiger partial charge in [-0.25, -0.2) is 4.98 Å². The SMILES string of the molecule is C=CCn1c(=S)sc2c(=O)n(CC(=O)N(C)Cc3ccccc3Br)cnc21. The fourth-order valence-electron chi connectivity index (χ4n) is 2.61.